The van der Waals surface area contributed by atoms with Crippen molar-refractivity contribution in [2.75, 3.05) is 5.32 Å². The van der Waals surface area contributed by atoms with Crippen LogP contribution in [0.4, 0.5) is 5.82 Å². The average Bonchev–Trinajstić information content (AvgIpc) is 2.65. The molecule has 16 heavy (non-hydrogen) atoms. The minimum Gasteiger partial charge on any atom is -0.305 e. The van der Waals surface area contributed by atoms with Gasteiger partial charge in [0.25, 0.3) is 5.91 Å². The second-order valence-electron chi connectivity index (χ2n) is 2.78. The zero-order valence-electron chi connectivity index (χ0n) is 7.78. The second-order valence-corrected chi connectivity index (χ2v) is 4.89. The van der Waals surface area contributed by atoms with Crippen molar-refractivity contribution in [2.24, 2.45) is 0 Å². The lowest BCUT2D eigenvalue weighted by molar-refractivity contribution is 0.103. The Labute approximate surface area is 105 Å². The summed E-state index contributed by atoms with van der Waals surface area (Å²) in [7, 11) is 0. The molecule has 1 N–H and O–H groups in total. The highest BCUT2D eigenvalue weighted by Gasteiger charge is 2.09. The molecule has 0 aromatic carbocycles. The molecule has 2 rings (SSSR count). The highest BCUT2D eigenvalue weighted by Crippen LogP contribution is 2.22. The van der Waals surface area contributed by atoms with Crippen LogP contribution in [0.1, 0.15) is 9.67 Å². The lowest BCUT2D eigenvalue weighted by Crippen LogP contribution is -2.11. The van der Waals surface area contributed by atoms with E-state index in [0.717, 1.165) is 0 Å². The van der Waals surface area contributed by atoms with E-state index >= 15 is 0 Å². The first kappa shape index (κ1) is 11.3. The summed E-state index contributed by atoms with van der Waals surface area (Å²) in [5, 5.41) is 2.79. The Kier molecular flexibility index (Phi) is 3.38. The fourth-order valence-electron chi connectivity index (χ4n) is 1.02. The highest BCUT2D eigenvalue weighted by atomic mass is 35.5. The third-order valence-corrected chi connectivity index (χ3v) is 3.06. The SMILES string of the molecule is O=C(Nc1cncc(Cl)n1)c1ccc(Cl)s1. The molecule has 0 aliphatic heterocycles. The van der Waals surface area contributed by atoms with Gasteiger partial charge in [-0.2, -0.15) is 0 Å². The van der Waals surface area contributed by atoms with Crippen LogP contribution in [0.2, 0.25) is 9.49 Å². The molecule has 0 atom stereocenters. The van der Waals surface area contributed by atoms with Gasteiger partial charge >= 0.3 is 0 Å². The van der Waals surface area contributed by atoms with E-state index in [4.69, 9.17) is 23.2 Å². The van der Waals surface area contributed by atoms with E-state index in [1.54, 1.807) is 12.1 Å². The van der Waals surface area contributed by atoms with Crippen molar-refractivity contribution in [2.45, 2.75) is 0 Å². The summed E-state index contributed by atoms with van der Waals surface area (Å²) in [6.07, 6.45) is 2.80. The Hall–Kier alpha value is -1.17. The molecular weight excluding hydrogens is 269 g/mol. The number of carbonyl (C=O) groups is 1. The van der Waals surface area contributed by atoms with Crippen molar-refractivity contribution in [3.63, 3.8) is 0 Å². The Morgan fingerprint density at radius 1 is 1.31 bits per heavy atom. The lowest BCUT2D eigenvalue weighted by atomic mass is 10.4. The topological polar surface area (TPSA) is 54.9 Å². The van der Waals surface area contributed by atoms with Crippen LogP contribution >= 0.6 is 34.5 Å². The first-order valence-electron chi connectivity index (χ1n) is 4.19. The van der Waals surface area contributed by atoms with Gasteiger partial charge in [0.15, 0.2) is 5.82 Å². The number of amides is 1. The van der Waals surface area contributed by atoms with Gasteiger partial charge in [-0.25, -0.2) is 4.98 Å². The first-order chi connectivity index (χ1) is 7.65. The number of halogens is 2. The predicted octanol–water partition coefficient (Wildman–Crippen LogP) is 3.10. The number of hydrogen-bond donors (Lipinski definition) is 1. The van der Waals surface area contributed by atoms with Gasteiger partial charge in [0.2, 0.25) is 0 Å². The smallest absolute Gasteiger partial charge is 0.266 e. The fraction of sp³-hybridized carbons (Fsp3) is 0. The number of thiophene rings is 1. The van der Waals surface area contributed by atoms with Gasteiger partial charge in [0.05, 0.1) is 21.6 Å². The molecule has 0 saturated heterocycles. The molecule has 4 nitrogen and oxygen atoms in total. The maximum Gasteiger partial charge on any atom is 0.266 e. The van der Waals surface area contributed by atoms with E-state index in [1.807, 2.05) is 0 Å². The van der Waals surface area contributed by atoms with E-state index in [0.29, 0.717) is 15.0 Å². The highest BCUT2D eigenvalue weighted by molar-refractivity contribution is 7.18. The number of rotatable bonds is 2. The Bertz CT molecular complexity index is 529. The van der Waals surface area contributed by atoms with E-state index in [2.05, 4.69) is 15.3 Å². The summed E-state index contributed by atoms with van der Waals surface area (Å²) in [6, 6.07) is 3.30. The first-order valence-corrected chi connectivity index (χ1v) is 5.76. The molecule has 0 bridgehead atoms. The molecule has 2 aromatic heterocycles. The summed E-state index contributed by atoms with van der Waals surface area (Å²) in [5.41, 5.74) is 0. The molecule has 2 aromatic rings. The maximum atomic E-state index is 11.7. The van der Waals surface area contributed by atoms with E-state index < -0.39 is 0 Å². The average molecular weight is 274 g/mol. The summed E-state index contributed by atoms with van der Waals surface area (Å²) in [6.45, 7) is 0. The monoisotopic (exact) mass is 273 g/mol. The van der Waals surface area contributed by atoms with Crippen LogP contribution in [0.15, 0.2) is 24.5 Å². The second kappa shape index (κ2) is 4.78. The van der Waals surface area contributed by atoms with Crippen molar-refractivity contribution < 1.29 is 4.79 Å². The van der Waals surface area contributed by atoms with Gasteiger partial charge in [0, 0.05) is 0 Å². The standard InChI is InChI=1S/C9H5Cl2N3OS/c10-6-3-12-4-8(13-6)14-9(15)5-1-2-7(11)16-5/h1-4H,(H,13,14,15). The number of anilines is 1. The molecule has 7 heteroatoms. The fourth-order valence-corrected chi connectivity index (χ4v) is 2.10. The van der Waals surface area contributed by atoms with Crippen molar-refractivity contribution in [3.05, 3.63) is 38.9 Å². The lowest BCUT2D eigenvalue weighted by Gasteiger charge is -2.01. The Morgan fingerprint density at radius 3 is 2.75 bits per heavy atom. The quantitative estimate of drug-likeness (QED) is 0.915. The molecule has 0 aliphatic rings. The van der Waals surface area contributed by atoms with E-state index in [-0.39, 0.29) is 11.1 Å². The minimum absolute atomic E-state index is 0.224. The third-order valence-electron chi connectivity index (χ3n) is 1.64. The van der Waals surface area contributed by atoms with E-state index in [9.17, 15) is 4.79 Å². The van der Waals surface area contributed by atoms with Crippen LogP contribution in [0.5, 0.6) is 0 Å². The van der Waals surface area contributed by atoms with Gasteiger partial charge in [-0.15, -0.1) is 11.3 Å². The Morgan fingerprint density at radius 2 is 2.12 bits per heavy atom. The van der Waals surface area contributed by atoms with Crippen LogP contribution in [0.3, 0.4) is 0 Å². The molecule has 0 saturated carbocycles. The van der Waals surface area contributed by atoms with Crippen LogP contribution in [-0.2, 0) is 0 Å². The molecule has 0 fully saturated rings. The third kappa shape index (κ3) is 2.69. The molecule has 0 aliphatic carbocycles. The van der Waals surface area contributed by atoms with Crippen LogP contribution in [0, 0.1) is 0 Å². The molecule has 2 heterocycles. The predicted molar refractivity (Wildman–Crippen MR) is 64.3 cm³/mol. The van der Waals surface area contributed by atoms with Gasteiger partial charge < -0.3 is 5.32 Å². The number of aromatic nitrogens is 2. The van der Waals surface area contributed by atoms with Gasteiger partial charge in [-0.3, -0.25) is 9.78 Å². The molecule has 0 radical (unpaired) electrons. The summed E-state index contributed by atoms with van der Waals surface area (Å²) < 4.78 is 0.558. The van der Waals surface area contributed by atoms with Gasteiger partial charge in [-0.1, -0.05) is 23.2 Å². The normalized spacial score (nSPS) is 10.1. The van der Waals surface area contributed by atoms with Crippen molar-refractivity contribution in [1.29, 1.82) is 0 Å². The molecule has 1 amide bonds. The summed E-state index contributed by atoms with van der Waals surface area (Å²) in [5.74, 6) is 0.0236. The van der Waals surface area contributed by atoms with Crippen molar-refractivity contribution in [1.82, 2.24) is 9.97 Å². The van der Waals surface area contributed by atoms with E-state index in [1.165, 1.54) is 23.7 Å². The number of nitrogens with one attached hydrogen (secondary N) is 1. The molecule has 0 spiro atoms. The van der Waals surface area contributed by atoms with Crippen LogP contribution in [0.25, 0.3) is 0 Å². The summed E-state index contributed by atoms with van der Waals surface area (Å²) >= 11 is 12.5. The minimum atomic E-state index is -0.284. The maximum absolute atomic E-state index is 11.7. The molecule has 82 valence electrons. The van der Waals surface area contributed by atoms with Crippen molar-refractivity contribution in [3.8, 4) is 0 Å². The number of nitrogens with zero attached hydrogens (tertiary/aromatic N) is 2. The zero-order valence-corrected chi connectivity index (χ0v) is 10.1. The van der Waals surface area contributed by atoms with Crippen molar-refractivity contribution >= 4 is 46.3 Å². The number of hydrogen-bond acceptors (Lipinski definition) is 4. The molecule has 0 unspecified atom stereocenters. The van der Waals surface area contributed by atoms with Crippen LogP contribution < -0.4 is 5.32 Å². The Balaban J connectivity index is 2.13. The zero-order chi connectivity index (χ0) is 11.5. The van der Waals surface area contributed by atoms with Gasteiger partial charge in [0.1, 0.15) is 5.15 Å². The van der Waals surface area contributed by atoms with Crippen LogP contribution in [-0.4, -0.2) is 15.9 Å². The van der Waals surface area contributed by atoms with Gasteiger partial charge in [-0.05, 0) is 12.1 Å². The largest absolute Gasteiger partial charge is 0.305 e. The summed E-state index contributed by atoms with van der Waals surface area (Å²) in [4.78, 5) is 19.9. The molecular formula is C9H5Cl2N3OS. The number of carbonyl (C=O) groups excluding carboxylic acids is 1.